The van der Waals surface area contributed by atoms with Crippen LogP contribution in [-0.4, -0.2) is 34.9 Å². The fourth-order valence-electron chi connectivity index (χ4n) is 1.95. The lowest BCUT2D eigenvalue weighted by molar-refractivity contribution is -0.118. The summed E-state index contributed by atoms with van der Waals surface area (Å²) in [5.41, 5.74) is 1.50. The van der Waals surface area contributed by atoms with Crippen LogP contribution >= 0.6 is 38.9 Å². The van der Waals surface area contributed by atoms with Crippen LogP contribution in [0.15, 0.2) is 28.1 Å². The minimum Gasteiger partial charge on any atom is -0.337 e. The van der Waals surface area contributed by atoms with Crippen LogP contribution in [0.2, 0.25) is 5.02 Å². The summed E-state index contributed by atoms with van der Waals surface area (Å²) in [4.78, 5) is 29.3. The second-order valence-electron chi connectivity index (χ2n) is 4.41. The SMILES string of the molecule is O=C1CN(C(=O)c2nc(-c3cccc(Cl)c3)c(Br)s2)CN1. The van der Waals surface area contributed by atoms with Crippen LogP contribution < -0.4 is 5.32 Å². The van der Waals surface area contributed by atoms with Gasteiger partial charge in [-0.3, -0.25) is 9.59 Å². The van der Waals surface area contributed by atoms with Gasteiger partial charge in [0, 0.05) is 10.6 Å². The first kappa shape index (κ1) is 14.5. The van der Waals surface area contributed by atoms with E-state index in [1.807, 2.05) is 12.1 Å². The molecule has 0 aliphatic carbocycles. The Bertz CT molecular complexity index is 734. The highest BCUT2D eigenvalue weighted by Crippen LogP contribution is 2.34. The molecule has 21 heavy (non-hydrogen) atoms. The molecule has 0 spiro atoms. The predicted molar refractivity (Wildman–Crippen MR) is 84.3 cm³/mol. The number of thiazole rings is 1. The van der Waals surface area contributed by atoms with E-state index >= 15 is 0 Å². The molecule has 1 fully saturated rings. The molecule has 1 aliphatic rings. The summed E-state index contributed by atoms with van der Waals surface area (Å²) in [5.74, 6) is -0.415. The van der Waals surface area contributed by atoms with Gasteiger partial charge in [-0.2, -0.15) is 0 Å². The topological polar surface area (TPSA) is 62.3 Å². The lowest BCUT2D eigenvalue weighted by Crippen LogP contribution is -2.29. The third-order valence-corrected chi connectivity index (χ3v) is 4.88. The summed E-state index contributed by atoms with van der Waals surface area (Å²) in [6.45, 7) is 0.296. The fourth-order valence-corrected chi connectivity index (χ4v) is 3.71. The van der Waals surface area contributed by atoms with Crippen molar-refractivity contribution in [2.45, 2.75) is 0 Å². The first-order chi connectivity index (χ1) is 10.0. The number of carbonyl (C=O) groups excluding carboxylic acids is 2. The number of hydrogen-bond acceptors (Lipinski definition) is 4. The maximum atomic E-state index is 12.3. The summed E-state index contributed by atoms with van der Waals surface area (Å²) in [6, 6.07) is 7.27. The van der Waals surface area contributed by atoms with E-state index in [2.05, 4.69) is 26.2 Å². The molecular formula is C13H9BrClN3O2S. The number of aromatic nitrogens is 1. The number of hydrogen-bond donors (Lipinski definition) is 1. The van der Waals surface area contributed by atoms with Crippen molar-refractivity contribution in [2.24, 2.45) is 0 Å². The molecule has 1 N–H and O–H groups in total. The fraction of sp³-hybridized carbons (Fsp3) is 0.154. The third kappa shape index (κ3) is 2.95. The van der Waals surface area contributed by atoms with Crippen molar-refractivity contribution in [3.05, 3.63) is 38.1 Å². The molecule has 5 nitrogen and oxygen atoms in total. The third-order valence-electron chi connectivity index (χ3n) is 2.96. The molecular weight excluding hydrogens is 378 g/mol. The summed E-state index contributed by atoms with van der Waals surface area (Å²) < 4.78 is 0.756. The zero-order chi connectivity index (χ0) is 15.0. The molecule has 0 radical (unpaired) electrons. The van der Waals surface area contributed by atoms with Crippen molar-refractivity contribution in [3.63, 3.8) is 0 Å². The standard InChI is InChI=1S/C13H9BrClN3O2S/c14-11-10(7-2-1-3-8(15)4-7)17-12(21-11)13(20)18-5-9(19)16-6-18/h1-4H,5-6H2,(H,16,19). The lowest BCUT2D eigenvalue weighted by atomic mass is 10.2. The molecule has 108 valence electrons. The Morgan fingerprint density at radius 1 is 1.48 bits per heavy atom. The Morgan fingerprint density at radius 2 is 2.29 bits per heavy atom. The van der Waals surface area contributed by atoms with Crippen LogP contribution in [0.25, 0.3) is 11.3 Å². The van der Waals surface area contributed by atoms with E-state index in [4.69, 9.17) is 11.6 Å². The molecule has 2 amide bonds. The molecule has 1 aromatic heterocycles. The van der Waals surface area contributed by atoms with Crippen LogP contribution in [-0.2, 0) is 4.79 Å². The Hall–Kier alpha value is -1.44. The van der Waals surface area contributed by atoms with Gasteiger partial charge in [0.25, 0.3) is 5.91 Å². The number of nitrogens with one attached hydrogen (secondary N) is 1. The predicted octanol–water partition coefficient (Wildman–Crippen LogP) is 2.76. The number of nitrogens with zero attached hydrogens (tertiary/aromatic N) is 2. The van der Waals surface area contributed by atoms with Gasteiger partial charge in [0.2, 0.25) is 5.91 Å². The molecule has 0 atom stereocenters. The van der Waals surface area contributed by atoms with Crippen LogP contribution in [0.1, 0.15) is 9.80 Å². The maximum absolute atomic E-state index is 12.3. The van der Waals surface area contributed by atoms with Crippen molar-refractivity contribution in [3.8, 4) is 11.3 Å². The van der Waals surface area contributed by atoms with Crippen LogP contribution in [0.4, 0.5) is 0 Å². The van der Waals surface area contributed by atoms with Crippen LogP contribution in [0.3, 0.4) is 0 Å². The minimum atomic E-state index is -0.257. The summed E-state index contributed by atoms with van der Waals surface area (Å²) in [7, 11) is 0. The summed E-state index contributed by atoms with van der Waals surface area (Å²) >= 11 is 10.6. The Labute approximate surface area is 138 Å². The smallest absolute Gasteiger partial charge is 0.284 e. The van der Waals surface area contributed by atoms with Crippen molar-refractivity contribution < 1.29 is 9.59 Å². The van der Waals surface area contributed by atoms with Gasteiger partial charge in [0.1, 0.15) is 6.54 Å². The molecule has 2 aromatic rings. The molecule has 0 bridgehead atoms. The van der Waals surface area contributed by atoms with E-state index in [-0.39, 0.29) is 25.0 Å². The van der Waals surface area contributed by atoms with Crippen molar-refractivity contribution >= 4 is 50.7 Å². The Balaban J connectivity index is 1.91. The number of benzene rings is 1. The molecule has 0 saturated carbocycles. The normalized spacial score (nSPS) is 14.4. The molecule has 2 heterocycles. The maximum Gasteiger partial charge on any atom is 0.284 e. The van der Waals surface area contributed by atoms with E-state index in [0.29, 0.717) is 15.7 Å². The number of halogens is 2. The van der Waals surface area contributed by atoms with Gasteiger partial charge in [0.15, 0.2) is 5.01 Å². The zero-order valence-corrected chi connectivity index (χ0v) is 13.8. The monoisotopic (exact) mass is 385 g/mol. The van der Waals surface area contributed by atoms with E-state index in [9.17, 15) is 9.59 Å². The van der Waals surface area contributed by atoms with Gasteiger partial charge >= 0.3 is 0 Å². The molecule has 8 heteroatoms. The van der Waals surface area contributed by atoms with Crippen molar-refractivity contribution in [1.29, 1.82) is 0 Å². The van der Waals surface area contributed by atoms with Gasteiger partial charge < -0.3 is 10.2 Å². The van der Waals surface area contributed by atoms with Crippen LogP contribution in [0, 0.1) is 0 Å². The second-order valence-corrected chi connectivity index (χ2v) is 7.17. The van der Waals surface area contributed by atoms with Gasteiger partial charge in [0.05, 0.1) is 16.1 Å². The lowest BCUT2D eigenvalue weighted by Gasteiger charge is -2.10. The first-order valence-corrected chi connectivity index (χ1v) is 8.01. The van der Waals surface area contributed by atoms with Gasteiger partial charge in [-0.25, -0.2) is 4.98 Å². The average molecular weight is 387 g/mol. The highest BCUT2D eigenvalue weighted by atomic mass is 79.9. The molecule has 3 rings (SSSR count). The Morgan fingerprint density at radius 3 is 2.95 bits per heavy atom. The highest BCUT2D eigenvalue weighted by molar-refractivity contribution is 9.11. The molecule has 1 aromatic carbocycles. The summed E-state index contributed by atoms with van der Waals surface area (Å²) in [6.07, 6.45) is 0. The van der Waals surface area contributed by atoms with E-state index in [1.165, 1.54) is 16.2 Å². The van der Waals surface area contributed by atoms with Crippen molar-refractivity contribution in [2.75, 3.05) is 13.2 Å². The second kappa shape index (κ2) is 5.75. The Kier molecular flexibility index (Phi) is 3.97. The number of rotatable bonds is 2. The molecule has 0 unspecified atom stereocenters. The van der Waals surface area contributed by atoms with Gasteiger partial charge in [-0.15, -0.1) is 11.3 Å². The minimum absolute atomic E-state index is 0.0720. The highest BCUT2D eigenvalue weighted by Gasteiger charge is 2.27. The summed E-state index contributed by atoms with van der Waals surface area (Å²) in [5, 5.41) is 3.54. The number of amides is 2. The number of carbonyl (C=O) groups is 2. The van der Waals surface area contributed by atoms with Crippen LogP contribution in [0.5, 0.6) is 0 Å². The van der Waals surface area contributed by atoms with Gasteiger partial charge in [-0.05, 0) is 28.1 Å². The van der Waals surface area contributed by atoms with E-state index in [1.54, 1.807) is 12.1 Å². The van der Waals surface area contributed by atoms with E-state index < -0.39 is 0 Å². The largest absolute Gasteiger partial charge is 0.337 e. The first-order valence-electron chi connectivity index (χ1n) is 6.03. The van der Waals surface area contributed by atoms with Gasteiger partial charge in [-0.1, -0.05) is 23.7 Å². The molecule has 1 aliphatic heterocycles. The van der Waals surface area contributed by atoms with E-state index in [0.717, 1.165) is 9.35 Å². The average Bonchev–Trinajstić information content (AvgIpc) is 3.04. The van der Waals surface area contributed by atoms with Crippen molar-refractivity contribution in [1.82, 2.24) is 15.2 Å². The quantitative estimate of drug-likeness (QED) is 0.863. The molecule has 1 saturated heterocycles. The zero-order valence-electron chi connectivity index (χ0n) is 10.6.